The molecule has 0 bridgehead atoms. The van der Waals surface area contributed by atoms with Gasteiger partial charge in [-0.1, -0.05) is 96.2 Å². The summed E-state index contributed by atoms with van der Waals surface area (Å²) in [6.45, 7) is 1.01. The minimum Gasteiger partial charge on any atom is -0.390 e. The van der Waals surface area contributed by atoms with E-state index in [1.165, 1.54) is 16.7 Å². The summed E-state index contributed by atoms with van der Waals surface area (Å²) in [6, 6.07) is 33.0. The van der Waals surface area contributed by atoms with Crippen molar-refractivity contribution in [1.29, 1.82) is 0 Å². The van der Waals surface area contributed by atoms with Crippen molar-refractivity contribution in [2.45, 2.75) is 36.9 Å². The average molecular weight is 461 g/mol. The summed E-state index contributed by atoms with van der Waals surface area (Å²) in [5.41, 5.74) is 3.47. The third-order valence-electron chi connectivity index (χ3n) is 6.39. The molecule has 152 valence electrons. The van der Waals surface area contributed by atoms with Crippen molar-refractivity contribution in [3.8, 4) is 0 Å². The van der Waals surface area contributed by atoms with Crippen LogP contribution in [0, 0.1) is 0 Å². The Morgan fingerprint density at radius 3 is 1.73 bits per heavy atom. The van der Waals surface area contributed by atoms with Crippen LogP contribution in [0.2, 0.25) is 0 Å². The second kappa shape index (κ2) is 8.37. The lowest BCUT2D eigenvalue weighted by Crippen LogP contribution is -2.53. The smallest absolute Gasteiger partial charge is 0.149 e. The lowest BCUT2D eigenvalue weighted by atomic mass is 9.75. The van der Waals surface area contributed by atoms with Gasteiger partial charge in [0.05, 0.1) is 11.6 Å². The lowest BCUT2D eigenvalue weighted by molar-refractivity contribution is -0.00193. The van der Waals surface area contributed by atoms with Gasteiger partial charge in [0.1, 0.15) is 10.7 Å². The van der Waals surface area contributed by atoms with Crippen LogP contribution in [0.3, 0.4) is 0 Å². The quantitative estimate of drug-likeness (QED) is 0.440. The molecule has 0 N–H and O–H groups in total. The van der Waals surface area contributed by atoms with Crippen molar-refractivity contribution in [2.24, 2.45) is 5.16 Å². The van der Waals surface area contributed by atoms with Gasteiger partial charge in [-0.25, -0.2) is 0 Å². The van der Waals surface area contributed by atoms with Gasteiger partial charge in [0.15, 0.2) is 0 Å². The molecule has 3 aromatic carbocycles. The predicted octanol–water partition coefficient (Wildman–Crippen LogP) is 5.94. The highest BCUT2D eigenvalue weighted by atomic mass is 79.9. The first-order valence-corrected chi connectivity index (χ1v) is 11.4. The van der Waals surface area contributed by atoms with Crippen LogP contribution in [0.25, 0.3) is 0 Å². The fraction of sp³-hybridized carbons (Fsp3) is 0.269. The van der Waals surface area contributed by atoms with Crippen molar-refractivity contribution in [3.63, 3.8) is 0 Å². The summed E-state index contributed by atoms with van der Waals surface area (Å²) < 4.78 is 0.907. The number of oxime groups is 1. The van der Waals surface area contributed by atoms with Crippen molar-refractivity contribution in [1.82, 2.24) is 4.90 Å². The van der Waals surface area contributed by atoms with E-state index in [4.69, 9.17) is 4.84 Å². The Morgan fingerprint density at radius 1 is 0.800 bits per heavy atom. The van der Waals surface area contributed by atoms with E-state index in [1.54, 1.807) is 0 Å². The molecule has 2 heterocycles. The summed E-state index contributed by atoms with van der Waals surface area (Å²) in [4.78, 5) is 8.55. The number of hydrogen-bond donors (Lipinski definition) is 0. The van der Waals surface area contributed by atoms with E-state index in [1.807, 2.05) is 0 Å². The van der Waals surface area contributed by atoms with Crippen LogP contribution in [0.1, 0.15) is 36.0 Å². The first-order chi connectivity index (χ1) is 14.8. The topological polar surface area (TPSA) is 24.8 Å². The van der Waals surface area contributed by atoms with Crippen molar-refractivity contribution in [3.05, 3.63) is 108 Å². The maximum Gasteiger partial charge on any atom is 0.149 e. The van der Waals surface area contributed by atoms with E-state index in [2.05, 4.69) is 117 Å². The molecule has 0 aliphatic carbocycles. The van der Waals surface area contributed by atoms with Crippen LogP contribution in [-0.4, -0.2) is 28.2 Å². The Labute approximate surface area is 186 Å². The van der Waals surface area contributed by atoms with Crippen LogP contribution < -0.4 is 0 Å². The highest BCUT2D eigenvalue weighted by Gasteiger charge is 2.50. The van der Waals surface area contributed by atoms with Crippen molar-refractivity contribution < 1.29 is 4.84 Å². The van der Waals surface area contributed by atoms with E-state index in [9.17, 15) is 0 Å². The van der Waals surface area contributed by atoms with Gasteiger partial charge in [0, 0.05) is 13.0 Å². The fourth-order valence-electron chi connectivity index (χ4n) is 5.20. The Morgan fingerprint density at radius 2 is 1.30 bits per heavy atom. The molecule has 3 nitrogen and oxygen atoms in total. The summed E-state index contributed by atoms with van der Waals surface area (Å²) >= 11 is 3.54. The molecule has 1 fully saturated rings. The molecule has 2 atom stereocenters. The molecule has 0 radical (unpaired) electrons. The summed E-state index contributed by atoms with van der Waals surface area (Å²) in [6.07, 6.45) is 3.15. The molecule has 0 unspecified atom stereocenters. The van der Waals surface area contributed by atoms with E-state index < -0.39 is 0 Å². The van der Waals surface area contributed by atoms with Gasteiger partial charge in [-0.3, -0.25) is 4.90 Å². The summed E-state index contributed by atoms with van der Waals surface area (Å²) in [7, 11) is 0. The zero-order chi connectivity index (χ0) is 20.4. The molecule has 4 heteroatoms. The molecule has 2 aliphatic heterocycles. The summed E-state index contributed by atoms with van der Waals surface area (Å²) in [5, 5.41) is 4.20. The van der Waals surface area contributed by atoms with Gasteiger partial charge in [0.25, 0.3) is 0 Å². The Balaban J connectivity index is 1.74. The maximum absolute atomic E-state index is 5.88. The zero-order valence-corrected chi connectivity index (χ0v) is 18.4. The number of hydrogen-bond acceptors (Lipinski definition) is 3. The standard InChI is InChI=1S/C26H25BrN2O/c27-25-19-24(30-28-25)23-17-10-18-29(23)26(20-11-4-1-5-12-20,21-13-6-2-7-14-21)22-15-8-3-9-16-22/h1-9,11-16,23-24H,10,17-19H2/t23-,24+/m0/s1. The zero-order valence-electron chi connectivity index (χ0n) is 16.8. The minimum atomic E-state index is -0.386. The number of halogens is 1. The molecule has 1 saturated heterocycles. The highest BCUT2D eigenvalue weighted by molar-refractivity contribution is 9.18. The second-order valence-corrected chi connectivity index (χ2v) is 8.94. The molecular formula is C26H25BrN2O. The predicted molar refractivity (Wildman–Crippen MR) is 125 cm³/mol. The second-order valence-electron chi connectivity index (χ2n) is 8.03. The van der Waals surface area contributed by atoms with Gasteiger partial charge in [-0.05, 0) is 45.5 Å². The minimum absolute atomic E-state index is 0.0670. The number of likely N-dealkylation sites (tertiary alicyclic amines) is 1. The van der Waals surface area contributed by atoms with Crippen LogP contribution in [0.15, 0.2) is 96.2 Å². The largest absolute Gasteiger partial charge is 0.390 e. The molecule has 30 heavy (non-hydrogen) atoms. The third kappa shape index (κ3) is 3.28. The van der Waals surface area contributed by atoms with Crippen LogP contribution in [0.5, 0.6) is 0 Å². The first-order valence-electron chi connectivity index (χ1n) is 10.6. The summed E-state index contributed by atoms with van der Waals surface area (Å²) in [5.74, 6) is 0. The molecule has 5 rings (SSSR count). The molecule has 0 amide bonds. The van der Waals surface area contributed by atoms with E-state index >= 15 is 0 Å². The third-order valence-corrected chi connectivity index (χ3v) is 6.86. The molecule has 0 saturated carbocycles. The van der Waals surface area contributed by atoms with Gasteiger partial charge in [-0.2, -0.15) is 0 Å². The van der Waals surface area contributed by atoms with Crippen LogP contribution in [0.4, 0.5) is 0 Å². The monoisotopic (exact) mass is 460 g/mol. The SMILES string of the molecule is BrC1=NO[C@@H]([C@@H]2CCCN2C(c2ccccc2)(c2ccccc2)c2ccccc2)C1. The number of rotatable bonds is 5. The van der Waals surface area contributed by atoms with Gasteiger partial charge >= 0.3 is 0 Å². The van der Waals surface area contributed by atoms with Gasteiger partial charge in [0.2, 0.25) is 0 Å². The number of benzene rings is 3. The fourth-order valence-corrected chi connectivity index (χ4v) is 5.61. The maximum atomic E-state index is 5.88. The Bertz CT molecular complexity index is 910. The van der Waals surface area contributed by atoms with Gasteiger partial charge < -0.3 is 4.84 Å². The van der Waals surface area contributed by atoms with E-state index in [0.717, 1.165) is 30.4 Å². The highest BCUT2D eigenvalue weighted by Crippen LogP contribution is 2.47. The normalized spacial score (nSPS) is 22.0. The van der Waals surface area contributed by atoms with Crippen molar-refractivity contribution in [2.75, 3.05) is 6.54 Å². The molecule has 0 spiro atoms. The van der Waals surface area contributed by atoms with Gasteiger partial charge in [-0.15, -0.1) is 0 Å². The number of nitrogens with zero attached hydrogens (tertiary/aromatic N) is 2. The van der Waals surface area contributed by atoms with Crippen LogP contribution in [-0.2, 0) is 10.4 Å². The molecular weight excluding hydrogens is 436 g/mol. The molecule has 0 aromatic heterocycles. The van der Waals surface area contributed by atoms with Crippen LogP contribution >= 0.6 is 15.9 Å². The lowest BCUT2D eigenvalue weighted by Gasteiger charge is -2.47. The van der Waals surface area contributed by atoms with E-state index in [-0.39, 0.29) is 17.7 Å². The van der Waals surface area contributed by atoms with E-state index in [0.29, 0.717) is 0 Å². The molecule has 3 aromatic rings. The average Bonchev–Trinajstić information content (AvgIpc) is 3.46. The Hall–Kier alpha value is -2.43. The Kier molecular flexibility index (Phi) is 5.45. The van der Waals surface area contributed by atoms with Crippen molar-refractivity contribution >= 4 is 20.6 Å². The first kappa shape index (κ1) is 19.5. The molecule has 2 aliphatic rings.